The van der Waals surface area contributed by atoms with Crippen LogP contribution in [0.3, 0.4) is 0 Å². The summed E-state index contributed by atoms with van der Waals surface area (Å²) in [6.45, 7) is 3.58. The zero-order valence-corrected chi connectivity index (χ0v) is 9.90. The molecule has 88 valence electrons. The molecule has 0 radical (unpaired) electrons. The fraction of sp³-hybridized carbons (Fsp3) is 0.400. The molecule has 0 fully saturated rings. The Kier molecular flexibility index (Phi) is 4.14. The summed E-state index contributed by atoms with van der Waals surface area (Å²) in [6.07, 6.45) is -0.443. The van der Waals surface area contributed by atoms with Gasteiger partial charge in [-0.2, -0.15) is 0 Å². The molecule has 0 aromatic heterocycles. The first kappa shape index (κ1) is 12.8. The van der Waals surface area contributed by atoms with Gasteiger partial charge in [0, 0.05) is 16.2 Å². The van der Waals surface area contributed by atoms with E-state index in [1.807, 2.05) is 6.92 Å². The van der Waals surface area contributed by atoms with Gasteiger partial charge in [-0.05, 0) is 19.1 Å². The van der Waals surface area contributed by atoms with Gasteiger partial charge in [-0.3, -0.25) is 10.1 Å². The topological polar surface area (TPSA) is 89.4 Å². The minimum Gasteiger partial charge on any atom is -0.393 e. The molecule has 1 rings (SSSR count). The first-order valence-electron chi connectivity index (χ1n) is 4.80. The van der Waals surface area contributed by atoms with Gasteiger partial charge in [0.1, 0.15) is 5.69 Å². The van der Waals surface area contributed by atoms with Crippen LogP contribution in [-0.2, 0) is 0 Å². The van der Waals surface area contributed by atoms with Crippen molar-refractivity contribution in [3.8, 4) is 0 Å². The van der Waals surface area contributed by atoms with E-state index in [1.54, 1.807) is 19.1 Å². The predicted molar refractivity (Wildman–Crippen MR) is 64.5 cm³/mol. The molecule has 0 aliphatic heterocycles. The summed E-state index contributed by atoms with van der Waals surface area (Å²) in [5.41, 5.74) is 5.61. The van der Waals surface area contributed by atoms with Gasteiger partial charge in [-0.25, -0.2) is 0 Å². The highest BCUT2D eigenvalue weighted by molar-refractivity contribution is 8.00. The lowest BCUT2D eigenvalue weighted by Gasteiger charge is -2.13. The summed E-state index contributed by atoms with van der Waals surface area (Å²) in [7, 11) is 0. The lowest BCUT2D eigenvalue weighted by molar-refractivity contribution is -0.383. The van der Waals surface area contributed by atoms with Crippen LogP contribution in [0.25, 0.3) is 0 Å². The van der Waals surface area contributed by atoms with E-state index >= 15 is 0 Å². The van der Waals surface area contributed by atoms with Crippen LogP contribution in [0.1, 0.15) is 13.8 Å². The van der Waals surface area contributed by atoms with Crippen molar-refractivity contribution in [2.45, 2.75) is 30.1 Å². The second kappa shape index (κ2) is 5.18. The Bertz CT molecular complexity index is 396. The number of nitrogens with two attached hydrogens (primary N) is 1. The molecule has 1 aromatic carbocycles. The molecule has 0 saturated carbocycles. The summed E-state index contributed by atoms with van der Waals surface area (Å²) in [4.78, 5) is 10.8. The summed E-state index contributed by atoms with van der Waals surface area (Å²) in [5, 5.41) is 19.9. The van der Waals surface area contributed by atoms with E-state index in [9.17, 15) is 15.2 Å². The van der Waals surface area contributed by atoms with E-state index in [2.05, 4.69) is 0 Å². The molecule has 1 aromatic rings. The van der Waals surface area contributed by atoms with E-state index in [0.29, 0.717) is 0 Å². The van der Waals surface area contributed by atoms with Crippen LogP contribution in [0.2, 0.25) is 0 Å². The monoisotopic (exact) mass is 242 g/mol. The summed E-state index contributed by atoms with van der Waals surface area (Å²) >= 11 is 1.43. The highest BCUT2D eigenvalue weighted by Crippen LogP contribution is 2.30. The van der Waals surface area contributed by atoms with Crippen molar-refractivity contribution in [3.63, 3.8) is 0 Å². The van der Waals surface area contributed by atoms with Crippen molar-refractivity contribution in [2.75, 3.05) is 5.73 Å². The average Bonchev–Trinajstić information content (AvgIpc) is 2.16. The third-order valence-corrected chi connectivity index (χ3v) is 3.49. The fourth-order valence-corrected chi connectivity index (χ4v) is 2.05. The zero-order chi connectivity index (χ0) is 12.3. The number of aliphatic hydroxyl groups excluding tert-OH is 1. The SMILES string of the molecule is CC(O)C(C)Sc1ccc([N+](=O)[O-])c(N)c1. The van der Waals surface area contributed by atoms with Crippen LogP contribution in [0.4, 0.5) is 11.4 Å². The highest BCUT2D eigenvalue weighted by Gasteiger charge is 2.14. The largest absolute Gasteiger partial charge is 0.393 e. The molecule has 3 N–H and O–H groups in total. The summed E-state index contributed by atoms with van der Waals surface area (Å²) in [5.74, 6) is 0. The molecule has 0 amide bonds. The van der Waals surface area contributed by atoms with Crippen molar-refractivity contribution < 1.29 is 10.0 Å². The lowest BCUT2D eigenvalue weighted by atomic mass is 10.3. The molecule has 0 aliphatic carbocycles. The molecule has 2 unspecified atom stereocenters. The van der Waals surface area contributed by atoms with Gasteiger partial charge in [-0.15, -0.1) is 11.8 Å². The number of thioether (sulfide) groups is 1. The second-order valence-electron chi connectivity index (χ2n) is 3.54. The van der Waals surface area contributed by atoms with Crippen molar-refractivity contribution in [1.29, 1.82) is 0 Å². The van der Waals surface area contributed by atoms with E-state index in [4.69, 9.17) is 5.73 Å². The molecular weight excluding hydrogens is 228 g/mol. The fourth-order valence-electron chi connectivity index (χ4n) is 1.09. The number of rotatable bonds is 4. The molecule has 0 bridgehead atoms. The zero-order valence-electron chi connectivity index (χ0n) is 9.08. The van der Waals surface area contributed by atoms with Crippen LogP contribution >= 0.6 is 11.8 Å². The van der Waals surface area contributed by atoms with Crippen LogP contribution in [0.15, 0.2) is 23.1 Å². The lowest BCUT2D eigenvalue weighted by Crippen LogP contribution is -2.14. The third kappa shape index (κ3) is 3.11. The quantitative estimate of drug-likeness (QED) is 0.365. The molecule has 0 heterocycles. The number of anilines is 1. The first-order chi connectivity index (χ1) is 7.41. The van der Waals surface area contributed by atoms with E-state index < -0.39 is 11.0 Å². The van der Waals surface area contributed by atoms with Crippen molar-refractivity contribution in [3.05, 3.63) is 28.3 Å². The van der Waals surface area contributed by atoms with Gasteiger partial charge in [-0.1, -0.05) is 6.92 Å². The number of hydrogen-bond acceptors (Lipinski definition) is 5. The number of nitro groups is 1. The van der Waals surface area contributed by atoms with Gasteiger partial charge in [0.2, 0.25) is 0 Å². The Labute approximate surface area is 97.8 Å². The molecule has 2 atom stereocenters. The Hall–Kier alpha value is -1.27. The highest BCUT2D eigenvalue weighted by atomic mass is 32.2. The molecule has 6 heteroatoms. The van der Waals surface area contributed by atoms with E-state index in [1.165, 1.54) is 17.8 Å². The van der Waals surface area contributed by atoms with Gasteiger partial charge in [0.15, 0.2) is 0 Å². The number of benzene rings is 1. The standard InChI is InChI=1S/C10H14N2O3S/c1-6(13)7(2)16-8-3-4-10(12(14)15)9(11)5-8/h3-7,13H,11H2,1-2H3. The van der Waals surface area contributed by atoms with Crippen LogP contribution in [0.5, 0.6) is 0 Å². The Morgan fingerprint density at radius 1 is 1.50 bits per heavy atom. The molecule has 0 saturated heterocycles. The predicted octanol–water partition coefficient (Wildman–Crippen LogP) is 2.04. The number of hydrogen-bond donors (Lipinski definition) is 2. The number of aliphatic hydroxyl groups is 1. The van der Waals surface area contributed by atoms with E-state index in [0.717, 1.165) is 4.90 Å². The average molecular weight is 242 g/mol. The van der Waals surface area contributed by atoms with Gasteiger partial charge in [0.05, 0.1) is 11.0 Å². The number of nitrogens with zero attached hydrogens (tertiary/aromatic N) is 1. The normalized spacial score (nSPS) is 14.4. The maximum Gasteiger partial charge on any atom is 0.292 e. The van der Waals surface area contributed by atoms with Crippen molar-refractivity contribution in [2.24, 2.45) is 0 Å². The van der Waals surface area contributed by atoms with Crippen molar-refractivity contribution in [1.82, 2.24) is 0 Å². The van der Waals surface area contributed by atoms with Crippen LogP contribution in [-0.4, -0.2) is 21.4 Å². The van der Waals surface area contributed by atoms with Crippen LogP contribution in [0, 0.1) is 10.1 Å². The van der Waals surface area contributed by atoms with Gasteiger partial charge in [0.25, 0.3) is 5.69 Å². The Balaban J connectivity index is 2.85. The van der Waals surface area contributed by atoms with Gasteiger partial charge < -0.3 is 10.8 Å². The number of nitrogen functional groups attached to an aromatic ring is 1. The summed E-state index contributed by atoms with van der Waals surface area (Å²) < 4.78 is 0. The number of nitro benzene ring substituents is 1. The van der Waals surface area contributed by atoms with E-state index in [-0.39, 0.29) is 16.6 Å². The summed E-state index contributed by atoms with van der Waals surface area (Å²) in [6, 6.07) is 4.58. The molecule has 0 spiro atoms. The maximum absolute atomic E-state index is 10.5. The van der Waals surface area contributed by atoms with Gasteiger partial charge >= 0.3 is 0 Å². The smallest absolute Gasteiger partial charge is 0.292 e. The Morgan fingerprint density at radius 2 is 2.12 bits per heavy atom. The maximum atomic E-state index is 10.5. The molecule has 16 heavy (non-hydrogen) atoms. The molecule has 5 nitrogen and oxygen atoms in total. The molecular formula is C10H14N2O3S. The van der Waals surface area contributed by atoms with Crippen LogP contribution < -0.4 is 5.73 Å². The Morgan fingerprint density at radius 3 is 2.56 bits per heavy atom. The molecule has 0 aliphatic rings. The first-order valence-corrected chi connectivity index (χ1v) is 5.68. The van der Waals surface area contributed by atoms with Crippen molar-refractivity contribution >= 4 is 23.1 Å². The third-order valence-electron chi connectivity index (χ3n) is 2.20. The minimum atomic E-state index is -0.512. The second-order valence-corrected chi connectivity index (χ2v) is 4.99. The minimum absolute atomic E-state index is 0.0147.